The minimum Gasteiger partial charge on any atom is -0.497 e. The van der Waals surface area contributed by atoms with Gasteiger partial charge in [-0.3, -0.25) is 4.79 Å². The number of thiocarbonyl (C=S) groups is 1. The molecular weight excluding hydrogens is 276 g/mol. The number of nitrogens with two attached hydrogens (primary N) is 1. The van der Waals surface area contributed by atoms with Crippen LogP contribution in [0.1, 0.15) is 23.7 Å². The highest BCUT2D eigenvalue weighted by atomic mass is 32.1. The van der Waals surface area contributed by atoms with E-state index in [9.17, 15) is 4.79 Å². The summed E-state index contributed by atoms with van der Waals surface area (Å²) in [6.07, 6.45) is 0.826. The monoisotopic (exact) mass is 296 g/mol. The molecule has 1 aromatic rings. The molecule has 0 aliphatic carbocycles. The van der Waals surface area contributed by atoms with E-state index in [1.807, 2.05) is 6.92 Å². The van der Waals surface area contributed by atoms with E-state index in [1.165, 1.54) is 7.11 Å². The Morgan fingerprint density at radius 2 is 2.05 bits per heavy atom. The average molecular weight is 296 g/mol. The van der Waals surface area contributed by atoms with Crippen LogP contribution in [0.15, 0.2) is 18.2 Å². The van der Waals surface area contributed by atoms with Crippen molar-refractivity contribution in [2.75, 3.05) is 27.3 Å². The zero-order valence-corrected chi connectivity index (χ0v) is 12.8. The quantitative estimate of drug-likeness (QED) is 0.778. The third-order valence-electron chi connectivity index (χ3n) is 2.77. The van der Waals surface area contributed by atoms with Crippen molar-refractivity contribution in [2.45, 2.75) is 13.3 Å². The first-order valence-electron chi connectivity index (χ1n) is 6.33. The molecule has 1 aromatic carbocycles. The molecule has 0 fully saturated rings. The number of ether oxygens (including phenoxy) is 2. The second-order valence-electron chi connectivity index (χ2n) is 4.26. The minimum atomic E-state index is -0.154. The molecule has 5 nitrogen and oxygen atoms in total. The van der Waals surface area contributed by atoms with Gasteiger partial charge in [-0.25, -0.2) is 0 Å². The van der Waals surface area contributed by atoms with Crippen LogP contribution in [0.4, 0.5) is 0 Å². The van der Waals surface area contributed by atoms with Crippen LogP contribution >= 0.6 is 12.2 Å². The highest BCUT2D eigenvalue weighted by molar-refractivity contribution is 7.80. The van der Waals surface area contributed by atoms with Gasteiger partial charge in [0.05, 0.1) is 31.3 Å². The first-order chi connectivity index (χ1) is 9.53. The lowest BCUT2D eigenvalue weighted by atomic mass is 10.1. The number of hydrogen-bond acceptors (Lipinski definition) is 4. The molecule has 6 heteroatoms. The number of benzene rings is 1. The molecule has 0 unspecified atom stereocenters. The van der Waals surface area contributed by atoms with Crippen molar-refractivity contribution < 1.29 is 14.3 Å². The molecule has 0 atom stereocenters. The van der Waals surface area contributed by atoms with E-state index in [0.717, 1.165) is 6.42 Å². The molecular formula is C14H20N2O3S. The maximum Gasteiger partial charge on any atom is 0.258 e. The average Bonchev–Trinajstić information content (AvgIpc) is 2.44. The van der Waals surface area contributed by atoms with Gasteiger partial charge >= 0.3 is 0 Å². The Hall–Kier alpha value is -1.82. The topological polar surface area (TPSA) is 64.8 Å². The van der Waals surface area contributed by atoms with Gasteiger partial charge in [0.1, 0.15) is 11.5 Å². The summed E-state index contributed by atoms with van der Waals surface area (Å²) in [6, 6.07) is 5.08. The van der Waals surface area contributed by atoms with Crippen molar-refractivity contribution in [3.8, 4) is 11.5 Å². The first kappa shape index (κ1) is 16.2. The van der Waals surface area contributed by atoms with Crippen LogP contribution in [0.2, 0.25) is 0 Å². The van der Waals surface area contributed by atoms with Crippen LogP contribution < -0.4 is 15.2 Å². The van der Waals surface area contributed by atoms with Crippen LogP contribution in [0.3, 0.4) is 0 Å². The molecule has 20 heavy (non-hydrogen) atoms. The van der Waals surface area contributed by atoms with Crippen molar-refractivity contribution in [1.82, 2.24) is 4.90 Å². The van der Waals surface area contributed by atoms with Gasteiger partial charge in [0.15, 0.2) is 0 Å². The molecule has 0 radical (unpaired) electrons. The molecule has 0 spiro atoms. The maximum absolute atomic E-state index is 12.5. The van der Waals surface area contributed by atoms with Gasteiger partial charge in [-0.2, -0.15) is 0 Å². The highest BCUT2D eigenvalue weighted by Gasteiger charge is 2.20. The number of rotatable bonds is 7. The minimum absolute atomic E-state index is 0.154. The summed E-state index contributed by atoms with van der Waals surface area (Å²) >= 11 is 4.89. The van der Waals surface area contributed by atoms with E-state index >= 15 is 0 Å². The Morgan fingerprint density at radius 3 is 2.55 bits per heavy atom. The van der Waals surface area contributed by atoms with Gasteiger partial charge in [-0.05, 0) is 18.6 Å². The van der Waals surface area contributed by atoms with Crippen molar-refractivity contribution in [2.24, 2.45) is 5.73 Å². The molecule has 2 N–H and O–H groups in total. The van der Waals surface area contributed by atoms with Crippen molar-refractivity contribution in [3.63, 3.8) is 0 Å². The summed E-state index contributed by atoms with van der Waals surface area (Å²) < 4.78 is 10.4. The largest absolute Gasteiger partial charge is 0.497 e. The predicted octanol–water partition coefficient (Wildman–Crippen LogP) is 1.84. The third-order valence-corrected chi connectivity index (χ3v) is 2.90. The number of amides is 1. The lowest BCUT2D eigenvalue weighted by Gasteiger charge is -2.22. The van der Waals surface area contributed by atoms with Gasteiger partial charge in [0.2, 0.25) is 0 Å². The normalized spacial score (nSPS) is 9.95. The molecule has 110 valence electrons. The predicted molar refractivity (Wildman–Crippen MR) is 82.5 cm³/mol. The van der Waals surface area contributed by atoms with Crippen molar-refractivity contribution in [3.05, 3.63) is 23.8 Å². The first-order valence-corrected chi connectivity index (χ1v) is 6.73. The van der Waals surface area contributed by atoms with Crippen LogP contribution in [0, 0.1) is 0 Å². The van der Waals surface area contributed by atoms with Crippen LogP contribution in [-0.4, -0.2) is 43.1 Å². The van der Waals surface area contributed by atoms with E-state index in [0.29, 0.717) is 28.6 Å². The number of carbonyl (C=O) groups is 1. The Morgan fingerprint density at radius 1 is 1.35 bits per heavy atom. The van der Waals surface area contributed by atoms with Gasteiger partial charge in [0.25, 0.3) is 5.91 Å². The number of nitrogens with zero attached hydrogens (tertiary/aromatic N) is 1. The standard InChI is InChI=1S/C14H20N2O3S/c1-4-7-16(9-13(15)20)14(17)11-6-5-10(18-2)8-12(11)19-3/h5-6,8H,4,7,9H2,1-3H3,(H2,15,20). The summed E-state index contributed by atoms with van der Waals surface area (Å²) in [7, 11) is 3.08. The van der Waals surface area contributed by atoms with E-state index in [4.69, 9.17) is 27.4 Å². The zero-order valence-electron chi connectivity index (χ0n) is 12.0. The zero-order chi connectivity index (χ0) is 15.1. The summed E-state index contributed by atoms with van der Waals surface area (Å²) in [4.78, 5) is 14.4. The molecule has 0 aromatic heterocycles. The smallest absolute Gasteiger partial charge is 0.258 e. The van der Waals surface area contributed by atoms with Gasteiger partial charge in [-0.1, -0.05) is 19.1 Å². The lowest BCUT2D eigenvalue weighted by Crippen LogP contribution is -2.38. The van der Waals surface area contributed by atoms with Crippen molar-refractivity contribution in [1.29, 1.82) is 0 Å². The number of carbonyl (C=O) groups excluding carboxylic acids is 1. The van der Waals surface area contributed by atoms with E-state index in [-0.39, 0.29) is 12.5 Å². The molecule has 1 rings (SSSR count). The Bertz CT molecular complexity index is 491. The molecule has 0 aliphatic rings. The Kier molecular flexibility index (Phi) is 6.24. The van der Waals surface area contributed by atoms with E-state index in [2.05, 4.69) is 0 Å². The Labute approximate surface area is 124 Å². The fraction of sp³-hybridized carbons (Fsp3) is 0.429. The SMILES string of the molecule is CCCN(CC(N)=S)C(=O)c1ccc(OC)cc1OC. The summed E-state index contributed by atoms with van der Waals surface area (Å²) in [5.41, 5.74) is 6.01. The molecule has 0 heterocycles. The third kappa shape index (κ3) is 4.09. The van der Waals surface area contributed by atoms with E-state index < -0.39 is 0 Å². The summed E-state index contributed by atoms with van der Waals surface area (Å²) in [5, 5.41) is 0. The number of hydrogen-bond donors (Lipinski definition) is 1. The fourth-order valence-electron chi connectivity index (χ4n) is 1.86. The lowest BCUT2D eigenvalue weighted by molar-refractivity contribution is 0.0776. The molecule has 0 saturated carbocycles. The molecule has 0 aliphatic heterocycles. The summed E-state index contributed by atoms with van der Waals surface area (Å²) in [5.74, 6) is 0.951. The van der Waals surface area contributed by atoms with E-state index in [1.54, 1.807) is 30.2 Å². The van der Waals surface area contributed by atoms with Gasteiger partial charge < -0.3 is 20.1 Å². The maximum atomic E-state index is 12.5. The molecule has 0 saturated heterocycles. The number of methoxy groups -OCH3 is 2. The van der Waals surface area contributed by atoms with Crippen LogP contribution in [-0.2, 0) is 0 Å². The van der Waals surface area contributed by atoms with Crippen LogP contribution in [0.25, 0.3) is 0 Å². The Balaban J connectivity index is 3.07. The fourth-order valence-corrected chi connectivity index (χ4v) is 2.01. The second-order valence-corrected chi connectivity index (χ2v) is 4.78. The van der Waals surface area contributed by atoms with Gasteiger partial charge in [-0.15, -0.1) is 0 Å². The van der Waals surface area contributed by atoms with Crippen LogP contribution in [0.5, 0.6) is 11.5 Å². The second kappa shape index (κ2) is 7.69. The molecule has 1 amide bonds. The highest BCUT2D eigenvalue weighted by Crippen LogP contribution is 2.25. The van der Waals surface area contributed by atoms with Gasteiger partial charge in [0, 0.05) is 12.6 Å². The van der Waals surface area contributed by atoms with Crippen molar-refractivity contribution >= 4 is 23.1 Å². The summed E-state index contributed by atoms with van der Waals surface area (Å²) in [6.45, 7) is 2.84. The molecule has 0 bridgehead atoms.